The Morgan fingerprint density at radius 2 is 1.95 bits per heavy atom. The van der Waals surface area contributed by atoms with Gasteiger partial charge in [-0.05, 0) is 11.6 Å². The fourth-order valence-corrected chi connectivity index (χ4v) is 2.58. The average Bonchev–Trinajstić information content (AvgIpc) is 3.01. The van der Waals surface area contributed by atoms with Gasteiger partial charge in [-0.2, -0.15) is 0 Å². The summed E-state index contributed by atoms with van der Waals surface area (Å²) in [5, 5.41) is 3.35. The second kappa shape index (κ2) is 3.83. The molecule has 100 valence electrons. The van der Waals surface area contributed by atoms with Gasteiger partial charge in [0, 0.05) is 12.1 Å². The number of rotatable bonds is 1. The Morgan fingerprint density at radius 3 is 2.80 bits per heavy atom. The van der Waals surface area contributed by atoms with Gasteiger partial charge in [-0.15, -0.1) is 0 Å². The zero-order valence-corrected chi connectivity index (χ0v) is 10.4. The summed E-state index contributed by atoms with van der Waals surface area (Å²) in [5.74, 6) is 0.642. The third-order valence-electron chi connectivity index (χ3n) is 3.51. The van der Waals surface area contributed by atoms with E-state index in [-0.39, 0.29) is 17.2 Å². The van der Waals surface area contributed by atoms with Crippen molar-refractivity contribution in [3.63, 3.8) is 0 Å². The van der Waals surface area contributed by atoms with E-state index in [0.29, 0.717) is 5.82 Å². The molecule has 1 unspecified atom stereocenters. The molecule has 4 N–H and O–H groups in total. The lowest BCUT2D eigenvalue weighted by molar-refractivity contribution is 0.767. The zero-order chi connectivity index (χ0) is 13.7. The minimum atomic E-state index is -0.553. The highest BCUT2D eigenvalue weighted by Crippen LogP contribution is 2.32. The van der Waals surface area contributed by atoms with E-state index in [2.05, 4.69) is 31.3 Å². The Hall–Kier alpha value is -2.83. The van der Waals surface area contributed by atoms with E-state index in [1.54, 1.807) is 0 Å². The van der Waals surface area contributed by atoms with E-state index in [1.807, 2.05) is 18.2 Å². The standard InChI is InChI=1S/C13H11N5O2/c19-12-9-11(17-13(20)18-12)16-10(15-9)8-5-6-3-1-2-4-7(6)14-8/h1-4,8,14H,5H2,(H3,15,16,17,18,19,20). The van der Waals surface area contributed by atoms with Crippen LogP contribution in [0.25, 0.3) is 11.2 Å². The van der Waals surface area contributed by atoms with E-state index in [1.165, 1.54) is 5.56 Å². The van der Waals surface area contributed by atoms with Gasteiger partial charge in [-0.3, -0.25) is 14.8 Å². The van der Waals surface area contributed by atoms with Gasteiger partial charge in [-0.1, -0.05) is 18.2 Å². The van der Waals surface area contributed by atoms with E-state index in [0.717, 1.165) is 12.1 Å². The summed E-state index contributed by atoms with van der Waals surface area (Å²) in [7, 11) is 0. The molecular weight excluding hydrogens is 258 g/mol. The first-order valence-corrected chi connectivity index (χ1v) is 6.27. The van der Waals surface area contributed by atoms with Gasteiger partial charge in [-0.25, -0.2) is 9.78 Å². The molecule has 0 saturated heterocycles. The lowest BCUT2D eigenvalue weighted by Crippen LogP contribution is -2.21. The number of para-hydroxylation sites is 1. The molecule has 7 heteroatoms. The number of nitrogens with one attached hydrogen (secondary N) is 4. The molecule has 1 aliphatic heterocycles. The molecule has 7 nitrogen and oxygen atoms in total. The van der Waals surface area contributed by atoms with Crippen molar-refractivity contribution >= 4 is 16.9 Å². The third-order valence-corrected chi connectivity index (χ3v) is 3.51. The molecule has 3 heterocycles. The number of aromatic amines is 3. The van der Waals surface area contributed by atoms with Crippen LogP contribution in [0.5, 0.6) is 0 Å². The van der Waals surface area contributed by atoms with Crippen molar-refractivity contribution in [3.05, 3.63) is 56.5 Å². The maximum Gasteiger partial charge on any atom is 0.327 e. The van der Waals surface area contributed by atoms with Crippen LogP contribution in [0.15, 0.2) is 33.9 Å². The first-order chi connectivity index (χ1) is 9.70. The minimum absolute atomic E-state index is 0.0253. The summed E-state index contributed by atoms with van der Waals surface area (Å²) < 4.78 is 0. The summed E-state index contributed by atoms with van der Waals surface area (Å²) in [6.07, 6.45) is 0.790. The minimum Gasteiger partial charge on any atom is -0.375 e. The van der Waals surface area contributed by atoms with Gasteiger partial charge in [0.15, 0.2) is 5.65 Å². The Balaban J connectivity index is 1.80. The Labute approximate surface area is 112 Å². The summed E-state index contributed by atoms with van der Waals surface area (Å²) in [6, 6.07) is 7.99. The second-order valence-electron chi connectivity index (χ2n) is 4.81. The van der Waals surface area contributed by atoms with Gasteiger partial charge >= 0.3 is 5.69 Å². The molecule has 1 atom stereocenters. The maximum absolute atomic E-state index is 11.7. The second-order valence-corrected chi connectivity index (χ2v) is 4.81. The number of fused-ring (bicyclic) bond motifs is 2. The van der Waals surface area contributed by atoms with Crippen molar-refractivity contribution in [1.82, 2.24) is 19.9 Å². The molecule has 0 fully saturated rings. The van der Waals surface area contributed by atoms with Gasteiger partial charge in [0.05, 0.1) is 6.04 Å². The zero-order valence-electron chi connectivity index (χ0n) is 10.4. The fraction of sp³-hybridized carbons (Fsp3) is 0.154. The SMILES string of the molecule is O=c1[nH]c(=O)c2[nH]c(C3Cc4ccccc4N3)nc2[nH]1. The first-order valence-electron chi connectivity index (χ1n) is 6.27. The third kappa shape index (κ3) is 1.56. The Bertz CT molecular complexity index is 895. The summed E-state index contributed by atoms with van der Waals surface area (Å²) in [4.78, 5) is 34.9. The van der Waals surface area contributed by atoms with Crippen LogP contribution in [-0.4, -0.2) is 19.9 Å². The highest BCUT2D eigenvalue weighted by atomic mass is 16.2. The fourth-order valence-electron chi connectivity index (χ4n) is 2.58. The predicted octanol–water partition coefficient (Wildman–Crippen LogP) is 0.649. The van der Waals surface area contributed by atoms with E-state index >= 15 is 0 Å². The molecule has 0 amide bonds. The molecule has 0 saturated carbocycles. The van der Waals surface area contributed by atoms with Crippen LogP contribution in [0, 0.1) is 0 Å². The quantitative estimate of drug-likeness (QED) is 0.520. The van der Waals surface area contributed by atoms with Crippen LogP contribution in [0.4, 0.5) is 5.69 Å². The number of H-pyrrole nitrogens is 3. The van der Waals surface area contributed by atoms with Crippen molar-refractivity contribution in [2.24, 2.45) is 0 Å². The molecule has 2 aromatic heterocycles. The molecule has 4 rings (SSSR count). The molecule has 0 spiro atoms. The first kappa shape index (κ1) is 11.0. The number of anilines is 1. The number of benzene rings is 1. The van der Waals surface area contributed by atoms with E-state index in [9.17, 15) is 9.59 Å². The van der Waals surface area contributed by atoms with Crippen molar-refractivity contribution in [1.29, 1.82) is 0 Å². The van der Waals surface area contributed by atoms with Crippen LogP contribution < -0.4 is 16.6 Å². The van der Waals surface area contributed by atoms with Gasteiger partial charge in [0.1, 0.15) is 11.3 Å². The summed E-state index contributed by atoms with van der Waals surface area (Å²) in [5.41, 5.74) is 1.84. The summed E-state index contributed by atoms with van der Waals surface area (Å²) in [6.45, 7) is 0. The normalized spacial score (nSPS) is 17.1. The molecule has 0 bridgehead atoms. The number of nitrogens with zero attached hydrogens (tertiary/aromatic N) is 1. The topological polar surface area (TPSA) is 106 Å². The van der Waals surface area contributed by atoms with E-state index < -0.39 is 11.2 Å². The Morgan fingerprint density at radius 1 is 1.10 bits per heavy atom. The van der Waals surface area contributed by atoms with Crippen molar-refractivity contribution in [2.45, 2.75) is 12.5 Å². The summed E-state index contributed by atoms with van der Waals surface area (Å²) >= 11 is 0. The molecule has 3 aromatic rings. The number of imidazole rings is 1. The van der Waals surface area contributed by atoms with Gasteiger partial charge in [0.25, 0.3) is 5.56 Å². The monoisotopic (exact) mass is 269 g/mol. The van der Waals surface area contributed by atoms with Crippen LogP contribution in [0.3, 0.4) is 0 Å². The van der Waals surface area contributed by atoms with Crippen LogP contribution >= 0.6 is 0 Å². The highest BCUT2D eigenvalue weighted by Gasteiger charge is 2.24. The molecule has 0 aliphatic carbocycles. The van der Waals surface area contributed by atoms with Crippen molar-refractivity contribution in [3.8, 4) is 0 Å². The number of hydrogen-bond donors (Lipinski definition) is 4. The van der Waals surface area contributed by atoms with Crippen molar-refractivity contribution < 1.29 is 0 Å². The van der Waals surface area contributed by atoms with Crippen LogP contribution in [0.2, 0.25) is 0 Å². The predicted molar refractivity (Wildman–Crippen MR) is 73.8 cm³/mol. The van der Waals surface area contributed by atoms with Crippen LogP contribution in [0.1, 0.15) is 17.4 Å². The van der Waals surface area contributed by atoms with Gasteiger partial charge in [0.2, 0.25) is 0 Å². The molecule has 1 aromatic carbocycles. The largest absolute Gasteiger partial charge is 0.375 e. The average molecular weight is 269 g/mol. The van der Waals surface area contributed by atoms with E-state index in [4.69, 9.17) is 0 Å². The smallest absolute Gasteiger partial charge is 0.327 e. The lowest BCUT2D eigenvalue weighted by Gasteiger charge is -2.06. The molecular formula is C13H11N5O2. The Kier molecular flexibility index (Phi) is 2.11. The molecule has 1 aliphatic rings. The molecule has 20 heavy (non-hydrogen) atoms. The number of aromatic nitrogens is 4. The van der Waals surface area contributed by atoms with Crippen molar-refractivity contribution in [2.75, 3.05) is 5.32 Å². The molecule has 0 radical (unpaired) electrons. The van der Waals surface area contributed by atoms with Crippen LogP contribution in [-0.2, 0) is 6.42 Å². The lowest BCUT2D eigenvalue weighted by atomic mass is 10.1. The maximum atomic E-state index is 11.7. The number of hydrogen-bond acceptors (Lipinski definition) is 4. The van der Waals surface area contributed by atoms with Gasteiger partial charge < -0.3 is 10.3 Å². The highest BCUT2D eigenvalue weighted by molar-refractivity contribution is 5.69.